The van der Waals surface area contributed by atoms with Gasteiger partial charge in [0, 0.05) is 13.1 Å². The number of nitrogens with one attached hydrogen (secondary N) is 1. The molecule has 19 heavy (non-hydrogen) atoms. The van der Waals surface area contributed by atoms with Crippen LogP contribution >= 0.6 is 0 Å². The Balaban J connectivity index is 2.02. The van der Waals surface area contributed by atoms with Gasteiger partial charge in [0.25, 0.3) is 5.91 Å². The summed E-state index contributed by atoms with van der Waals surface area (Å²) in [6, 6.07) is 0. The van der Waals surface area contributed by atoms with Gasteiger partial charge in [-0.25, -0.2) is 4.98 Å². The van der Waals surface area contributed by atoms with Gasteiger partial charge in [0.05, 0.1) is 5.41 Å². The first-order chi connectivity index (χ1) is 9.09. The van der Waals surface area contributed by atoms with Crippen LogP contribution in [0, 0.1) is 5.41 Å². The van der Waals surface area contributed by atoms with Crippen molar-refractivity contribution in [1.29, 1.82) is 0 Å². The Bertz CT molecular complexity index is 450. The van der Waals surface area contributed by atoms with Crippen molar-refractivity contribution in [2.45, 2.75) is 32.6 Å². The van der Waals surface area contributed by atoms with Gasteiger partial charge in [0.1, 0.15) is 6.33 Å². The summed E-state index contributed by atoms with van der Waals surface area (Å²) in [6.07, 6.45) is 3.77. The number of aromatic amines is 1. The Morgan fingerprint density at radius 1 is 1.47 bits per heavy atom. The van der Waals surface area contributed by atoms with Crippen LogP contribution in [0.5, 0.6) is 0 Å². The third-order valence-corrected chi connectivity index (χ3v) is 3.81. The van der Waals surface area contributed by atoms with Gasteiger partial charge in [-0.1, -0.05) is 13.3 Å². The quantitative estimate of drug-likeness (QED) is 0.844. The Morgan fingerprint density at radius 3 is 2.63 bits per heavy atom. The fourth-order valence-corrected chi connectivity index (χ4v) is 2.65. The van der Waals surface area contributed by atoms with Gasteiger partial charge in [0.2, 0.25) is 5.82 Å². The number of aliphatic carboxylic acids is 1. The van der Waals surface area contributed by atoms with Crippen LogP contribution in [0.1, 0.15) is 43.2 Å². The zero-order valence-corrected chi connectivity index (χ0v) is 10.9. The molecule has 1 aliphatic rings. The SMILES string of the molecule is CCCC1(C(=O)O)CCN(C(=O)c2ncn[nH]2)CC1. The largest absolute Gasteiger partial charge is 0.481 e. The Hall–Kier alpha value is -1.92. The number of hydrogen-bond acceptors (Lipinski definition) is 4. The topological polar surface area (TPSA) is 99.2 Å². The predicted molar refractivity (Wildman–Crippen MR) is 66.5 cm³/mol. The minimum Gasteiger partial charge on any atom is -0.481 e. The molecule has 0 spiro atoms. The fraction of sp³-hybridized carbons (Fsp3) is 0.667. The molecule has 1 aromatic rings. The molecular formula is C12H18N4O3. The molecule has 1 amide bonds. The van der Waals surface area contributed by atoms with E-state index in [2.05, 4.69) is 15.2 Å². The lowest BCUT2D eigenvalue weighted by Crippen LogP contribution is -2.46. The number of aromatic nitrogens is 3. The number of carboxylic acid groups (broad SMARTS) is 1. The van der Waals surface area contributed by atoms with E-state index in [0.29, 0.717) is 32.4 Å². The van der Waals surface area contributed by atoms with Crippen molar-refractivity contribution in [3.63, 3.8) is 0 Å². The summed E-state index contributed by atoms with van der Waals surface area (Å²) < 4.78 is 0. The zero-order chi connectivity index (χ0) is 13.9. The van der Waals surface area contributed by atoms with Crippen molar-refractivity contribution in [1.82, 2.24) is 20.1 Å². The molecule has 7 nitrogen and oxygen atoms in total. The van der Waals surface area contributed by atoms with Gasteiger partial charge in [-0.05, 0) is 19.3 Å². The summed E-state index contributed by atoms with van der Waals surface area (Å²) in [4.78, 5) is 28.9. The number of amides is 1. The van der Waals surface area contributed by atoms with E-state index in [1.165, 1.54) is 6.33 Å². The van der Waals surface area contributed by atoms with E-state index in [-0.39, 0.29) is 11.7 Å². The monoisotopic (exact) mass is 266 g/mol. The summed E-state index contributed by atoms with van der Waals surface area (Å²) in [5.41, 5.74) is -0.674. The van der Waals surface area contributed by atoms with Crippen LogP contribution in [-0.2, 0) is 4.79 Å². The molecule has 2 N–H and O–H groups in total. The maximum Gasteiger partial charge on any atom is 0.309 e. The van der Waals surface area contributed by atoms with E-state index in [9.17, 15) is 14.7 Å². The maximum atomic E-state index is 12.0. The number of piperidine rings is 1. The summed E-state index contributed by atoms with van der Waals surface area (Å²) in [7, 11) is 0. The summed E-state index contributed by atoms with van der Waals surface area (Å²) in [5.74, 6) is -0.757. The lowest BCUT2D eigenvalue weighted by molar-refractivity contribution is -0.152. The van der Waals surface area contributed by atoms with Crippen molar-refractivity contribution >= 4 is 11.9 Å². The third kappa shape index (κ3) is 2.59. The van der Waals surface area contributed by atoms with Crippen molar-refractivity contribution in [2.24, 2.45) is 5.41 Å². The van der Waals surface area contributed by atoms with Gasteiger partial charge in [0.15, 0.2) is 0 Å². The van der Waals surface area contributed by atoms with E-state index in [0.717, 1.165) is 6.42 Å². The highest BCUT2D eigenvalue weighted by Gasteiger charge is 2.41. The Morgan fingerprint density at radius 2 is 2.16 bits per heavy atom. The second-order valence-electron chi connectivity index (χ2n) is 4.96. The molecule has 1 fully saturated rings. The van der Waals surface area contributed by atoms with Crippen LogP contribution in [0.3, 0.4) is 0 Å². The molecule has 7 heteroatoms. The molecule has 2 heterocycles. The number of carboxylic acids is 1. The van der Waals surface area contributed by atoms with E-state index in [1.54, 1.807) is 4.90 Å². The van der Waals surface area contributed by atoms with E-state index >= 15 is 0 Å². The predicted octanol–water partition coefficient (Wildman–Crippen LogP) is 0.912. The number of H-pyrrole nitrogens is 1. The molecule has 1 aliphatic heterocycles. The van der Waals surface area contributed by atoms with Gasteiger partial charge >= 0.3 is 5.97 Å². The second kappa shape index (κ2) is 5.38. The van der Waals surface area contributed by atoms with Crippen LogP contribution in [0.25, 0.3) is 0 Å². The molecule has 0 bridgehead atoms. The van der Waals surface area contributed by atoms with Crippen molar-refractivity contribution in [3.05, 3.63) is 12.2 Å². The highest BCUT2D eigenvalue weighted by molar-refractivity contribution is 5.90. The number of hydrogen-bond donors (Lipinski definition) is 2. The number of likely N-dealkylation sites (tertiary alicyclic amines) is 1. The fourth-order valence-electron chi connectivity index (χ4n) is 2.65. The van der Waals surface area contributed by atoms with Crippen LogP contribution < -0.4 is 0 Å². The smallest absolute Gasteiger partial charge is 0.309 e. The highest BCUT2D eigenvalue weighted by atomic mass is 16.4. The average molecular weight is 266 g/mol. The van der Waals surface area contributed by atoms with Gasteiger partial charge in [-0.2, -0.15) is 5.10 Å². The molecule has 0 saturated carbocycles. The number of carbonyl (C=O) groups excluding carboxylic acids is 1. The molecule has 2 rings (SSSR count). The minimum atomic E-state index is -0.749. The van der Waals surface area contributed by atoms with Gasteiger partial charge in [-0.15, -0.1) is 0 Å². The number of nitrogens with zero attached hydrogens (tertiary/aromatic N) is 3. The molecule has 1 saturated heterocycles. The van der Waals surface area contributed by atoms with Crippen LogP contribution in [0.15, 0.2) is 6.33 Å². The van der Waals surface area contributed by atoms with E-state index < -0.39 is 11.4 Å². The molecule has 0 aromatic carbocycles. The lowest BCUT2D eigenvalue weighted by Gasteiger charge is -2.38. The summed E-state index contributed by atoms with van der Waals surface area (Å²) >= 11 is 0. The summed E-state index contributed by atoms with van der Waals surface area (Å²) in [6.45, 7) is 2.88. The maximum absolute atomic E-state index is 12.0. The van der Waals surface area contributed by atoms with E-state index in [4.69, 9.17) is 0 Å². The van der Waals surface area contributed by atoms with E-state index in [1.807, 2.05) is 6.92 Å². The van der Waals surface area contributed by atoms with Crippen molar-refractivity contribution < 1.29 is 14.7 Å². The first kappa shape index (κ1) is 13.5. The van der Waals surface area contributed by atoms with Crippen LogP contribution in [0.4, 0.5) is 0 Å². The molecule has 0 unspecified atom stereocenters. The standard InChI is InChI=1S/C12H18N4O3/c1-2-3-12(11(18)19)4-6-16(7-5-12)10(17)9-13-8-14-15-9/h8H,2-7H2,1H3,(H,18,19)(H,13,14,15). The zero-order valence-electron chi connectivity index (χ0n) is 10.9. The first-order valence-corrected chi connectivity index (χ1v) is 6.47. The van der Waals surface area contributed by atoms with Gasteiger partial charge < -0.3 is 10.0 Å². The molecule has 0 aliphatic carbocycles. The summed E-state index contributed by atoms with van der Waals surface area (Å²) in [5, 5.41) is 15.6. The number of rotatable bonds is 4. The Kier molecular flexibility index (Phi) is 3.82. The van der Waals surface area contributed by atoms with Crippen molar-refractivity contribution in [3.8, 4) is 0 Å². The van der Waals surface area contributed by atoms with Crippen LogP contribution in [0.2, 0.25) is 0 Å². The number of carbonyl (C=O) groups is 2. The third-order valence-electron chi connectivity index (χ3n) is 3.81. The highest BCUT2D eigenvalue weighted by Crippen LogP contribution is 2.36. The molecule has 0 atom stereocenters. The average Bonchev–Trinajstić information content (AvgIpc) is 2.93. The lowest BCUT2D eigenvalue weighted by atomic mass is 9.75. The molecule has 1 aromatic heterocycles. The second-order valence-corrected chi connectivity index (χ2v) is 4.96. The first-order valence-electron chi connectivity index (χ1n) is 6.47. The Labute approximate surface area is 111 Å². The minimum absolute atomic E-state index is 0.207. The van der Waals surface area contributed by atoms with Crippen molar-refractivity contribution in [2.75, 3.05) is 13.1 Å². The normalized spacial score (nSPS) is 18.3. The van der Waals surface area contributed by atoms with Gasteiger partial charge in [-0.3, -0.25) is 14.7 Å². The molecular weight excluding hydrogens is 248 g/mol. The van der Waals surface area contributed by atoms with Crippen LogP contribution in [-0.4, -0.2) is 50.2 Å². The molecule has 0 radical (unpaired) electrons. The molecule has 104 valence electrons.